The molecule has 0 aliphatic carbocycles. The molecule has 1 nitrogen and oxygen atoms in total. The molecule has 0 aliphatic rings. The van der Waals surface area contributed by atoms with Crippen LogP contribution in [0, 0.1) is 3.57 Å². The fourth-order valence-corrected chi connectivity index (χ4v) is 1.68. The highest BCUT2D eigenvalue weighted by atomic mass is 127. The Morgan fingerprint density at radius 3 is 2.71 bits per heavy atom. The van der Waals surface area contributed by atoms with E-state index in [0.717, 1.165) is 21.1 Å². The number of ketones is 1. The fraction of sp³-hybridized carbons (Fsp3) is 0.250. The van der Waals surface area contributed by atoms with Crippen LogP contribution >= 0.6 is 22.6 Å². The van der Waals surface area contributed by atoms with E-state index in [0.29, 0.717) is 6.42 Å². The molecule has 0 aromatic heterocycles. The number of carbonyl (C=O) groups is 1. The van der Waals surface area contributed by atoms with Gasteiger partial charge in [-0.1, -0.05) is 17.7 Å². The van der Waals surface area contributed by atoms with Crippen LogP contribution in [-0.4, -0.2) is 5.78 Å². The summed E-state index contributed by atoms with van der Waals surface area (Å²) in [5.41, 5.74) is 1.86. The van der Waals surface area contributed by atoms with E-state index in [1.807, 2.05) is 31.2 Å². The third-order valence-electron chi connectivity index (χ3n) is 1.93. The lowest BCUT2D eigenvalue weighted by Crippen LogP contribution is -1.99. The second kappa shape index (κ2) is 5.29. The summed E-state index contributed by atoms with van der Waals surface area (Å²) >= 11 is 2.21. The second-order valence-electron chi connectivity index (χ2n) is 3.39. The molecule has 0 bridgehead atoms. The normalized spacial score (nSPS) is 9.86. The average molecular weight is 300 g/mol. The summed E-state index contributed by atoms with van der Waals surface area (Å²) in [6.07, 6.45) is 1.35. The predicted octanol–water partition coefficient (Wildman–Crippen LogP) is 3.83. The van der Waals surface area contributed by atoms with E-state index < -0.39 is 0 Å². The molecule has 1 rings (SSSR count). The van der Waals surface area contributed by atoms with Gasteiger partial charge in [0.2, 0.25) is 0 Å². The van der Waals surface area contributed by atoms with Crippen LogP contribution in [-0.2, 0) is 0 Å². The monoisotopic (exact) mass is 300 g/mol. The van der Waals surface area contributed by atoms with E-state index in [1.165, 1.54) is 0 Å². The minimum Gasteiger partial charge on any atom is -0.294 e. The highest BCUT2D eigenvalue weighted by molar-refractivity contribution is 14.1. The molecule has 0 fully saturated rings. The lowest BCUT2D eigenvalue weighted by molar-refractivity contribution is 0.0983. The lowest BCUT2D eigenvalue weighted by Gasteiger charge is -2.01. The van der Waals surface area contributed by atoms with Gasteiger partial charge in [0.25, 0.3) is 0 Å². The van der Waals surface area contributed by atoms with Gasteiger partial charge in [-0.25, -0.2) is 0 Å². The minimum absolute atomic E-state index is 0.200. The van der Waals surface area contributed by atoms with Crippen LogP contribution in [0.5, 0.6) is 0 Å². The van der Waals surface area contributed by atoms with Crippen molar-refractivity contribution in [2.45, 2.75) is 19.8 Å². The SMILES string of the molecule is C=C(C)CCC(=O)c1cccc(I)c1. The molecule has 74 valence electrons. The Hall–Kier alpha value is -0.640. The molecule has 14 heavy (non-hydrogen) atoms. The van der Waals surface area contributed by atoms with Crippen LogP contribution in [0.2, 0.25) is 0 Å². The number of rotatable bonds is 4. The number of Topliss-reactive ketones (excluding diaryl/α,β-unsaturated/α-hetero) is 1. The van der Waals surface area contributed by atoms with Gasteiger partial charge < -0.3 is 0 Å². The van der Waals surface area contributed by atoms with Crippen molar-refractivity contribution in [3.63, 3.8) is 0 Å². The van der Waals surface area contributed by atoms with Crippen molar-refractivity contribution >= 4 is 28.4 Å². The molecule has 0 atom stereocenters. The lowest BCUT2D eigenvalue weighted by atomic mass is 10.0. The number of carbonyl (C=O) groups excluding carboxylic acids is 1. The summed E-state index contributed by atoms with van der Waals surface area (Å²) in [4.78, 5) is 11.7. The zero-order valence-electron chi connectivity index (χ0n) is 8.22. The summed E-state index contributed by atoms with van der Waals surface area (Å²) in [6, 6.07) is 7.68. The summed E-state index contributed by atoms with van der Waals surface area (Å²) in [5, 5.41) is 0. The number of hydrogen-bond acceptors (Lipinski definition) is 1. The van der Waals surface area contributed by atoms with E-state index in [1.54, 1.807) is 0 Å². The van der Waals surface area contributed by atoms with Gasteiger partial charge in [-0.05, 0) is 48.1 Å². The largest absolute Gasteiger partial charge is 0.294 e. The van der Waals surface area contributed by atoms with Crippen LogP contribution in [0.15, 0.2) is 36.4 Å². The van der Waals surface area contributed by atoms with Crippen LogP contribution < -0.4 is 0 Å². The molecule has 0 saturated carbocycles. The minimum atomic E-state index is 0.200. The zero-order valence-corrected chi connectivity index (χ0v) is 10.4. The zero-order chi connectivity index (χ0) is 10.6. The Labute approximate surface area is 98.4 Å². The van der Waals surface area contributed by atoms with E-state index in [4.69, 9.17) is 0 Å². The third kappa shape index (κ3) is 3.62. The highest BCUT2D eigenvalue weighted by Crippen LogP contribution is 2.12. The van der Waals surface area contributed by atoms with Crippen LogP contribution in [0.4, 0.5) is 0 Å². The predicted molar refractivity (Wildman–Crippen MR) is 67.5 cm³/mol. The smallest absolute Gasteiger partial charge is 0.163 e. The molecule has 2 heteroatoms. The molecule has 0 radical (unpaired) electrons. The van der Waals surface area contributed by atoms with E-state index in [2.05, 4.69) is 29.2 Å². The van der Waals surface area contributed by atoms with Crippen molar-refractivity contribution in [1.82, 2.24) is 0 Å². The van der Waals surface area contributed by atoms with Crippen LogP contribution in [0.25, 0.3) is 0 Å². The van der Waals surface area contributed by atoms with E-state index in [9.17, 15) is 4.79 Å². The molecule has 0 saturated heterocycles. The maximum atomic E-state index is 11.7. The molecule has 1 aromatic rings. The van der Waals surface area contributed by atoms with Crippen molar-refractivity contribution in [3.05, 3.63) is 45.6 Å². The number of benzene rings is 1. The molecular formula is C12H13IO. The Kier molecular flexibility index (Phi) is 4.32. The fourth-order valence-electron chi connectivity index (χ4n) is 1.13. The van der Waals surface area contributed by atoms with Crippen molar-refractivity contribution in [1.29, 1.82) is 0 Å². The van der Waals surface area contributed by atoms with Crippen LogP contribution in [0.1, 0.15) is 30.1 Å². The average Bonchev–Trinajstić information content (AvgIpc) is 2.14. The molecule has 0 N–H and O–H groups in total. The topological polar surface area (TPSA) is 17.1 Å². The molecule has 0 heterocycles. The first kappa shape index (κ1) is 11.4. The Bertz CT molecular complexity index is 355. The van der Waals surface area contributed by atoms with Crippen molar-refractivity contribution < 1.29 is 4.79 Å². The second-order valence-corrected chi connectivity index (χ2v) is 4.64. The maximum absolute atomic E-state index is 11.7. The van der Waals surface area contributed by atoms with Gasteiger partial charge in [-0.3, -0.25) is 4.79 Å². The molecular weight excluding hydrogens is 287 g/mol. The first-order valence-electron chi connectivity index (χ1n) is 4.53. The first-order chi connectivity index (χ1) is 6.59. The molecule has 1 aromatic carbocycles. The molecule has 0 unspecified atom stereocenters. The third-order valence-corrected chi connectivity index (χ3v) is 2.60. The molecule has 0 aliphatic heterocycles. The van der Waals surface area contributed by atoms with Crippen molar-refractivity contribution in [3.8, 4) is 0 Å². The van der Waals surface area contributed by atoms with Crippen molar-refractivity contribution in [2.75, 3.05) is 0 Å². The summed E-state index contributed by atoms with van der Waals surface area (Å²) in [7, 11) is 0. The summed E-state index contributed by atoms with van der Waals surface area (Å²) in [6.45, 7) is 5.73. The van der Waals surface area contributed by atoms with Crippen LogP contribution in [0.3, 0.4) is 0 Å². The van der Waals surface area contributed by atoms with E-state index in [-0.39, 0.29) is 5.78 Å². The van der Waals surface area contributed by atoms with Crippen molar-refractivity contribution in [2.24, 2.45) is 0 Å². The maximum Gasteiger partial charge on any atom is 0.163 e. The number of halogens is 1. The van der Waals surface area contributed by atoms with Gasteiger partial charge in [-0.15, -0.1) is 6.58 Å². The van der Waals surface area contributed by atoms with Gasteiger partial charge in [0.05, 0.1) is 0 Å². The first-order valence-corrected chi connectivity index (χ1v) is 5.60. The Balaban J connectivity index is 2.65. The Morgan fingerprint density at radius 2 is 2.14 bits per heavy atom. The van der Waals surface area contributed by atoms with Gasteiger partial charge in [0.1, 0.15) is 0 Å². The van der Waals surface area contributed by atoms with Gasteiger partial charge in [0, 0.05) is 15.6 Å². The van der Waals surface area contributed by atoms with Gasteiger partial charge in [0.15, 0.2) is 5.78 Å². The molecule has 0 amide bonds. The quantitative estimate of drug-likeness (QED) is 0.469. The standard InChI is InChI=1S/C12H13IO/c1-9(2)6-7-12(14)10-4-3-5-11(13)8-10/h3-5,8H,1,6-7H2,2H3. The highest BCUT2D eigenvalue weighted by Gasteiger charge is 2.05. The van der Waals surface area contributed by atoms with E-state index >= 15 is 0 Å². The number of allylic oxidation sites excluding steroid dienone is 1. The summed E-state index contributed by atoms with van der Waals surface area (Å²) in [5.74, 6) is 0.200. The molecule has 0 spiro atoms. The number of hydrogen-bond donors (Lipinski definition) is 0. The Morgan fingerprint density at radius 1 is 1.43 bits per heavy atom. The van der Waals surface area contributed by atoms with Gasteiger partial charge in [-0.2, -0.15) is 0 Å². The summed E-state index contributed by atoms with van der Waals surface area (Å²) < 4.78 is 1.10. The van der Waals surface area contributed by atoms with Gasteiger partial charge >= 0.3 is 0 Å².